The molecular formula is C25H21FN2OS. The third-order valence-corrected chi connectivity index (χ3v) is 5.74. The zero-order valence-electron chi connectivity index (χ0n) is 16.6. The first-order chi connectivity index (χ1) is 14.6. The molecule has 3 nitrogen and oxygen atoms in total. The summed E-state index contributed by atoms with van der Waals surface area (Å²) in [4.78, 5) is 17.7. The Bertz CT molecular complexity index is 1120. The molecule has 0 fully saturated rings. The molecule has 3 aromatic rings. The van der Waals surface area contributed by atoms with Crippen molar-refractivity contribution in [1.29, 1.82) is 0 Å². The standard InChI is InChI=1S/C25H21FN2OS/c1-30-22-5-2-17(3-6-22)12-19-13-20(24-15-21(26)4-7-23(19)24)14-25(29)28-16-18-8-10-27-11-9-18/h2-13,15H,14,16H2,1H3,(H,28,29). The third-order valence-electron chi connectivity index (χ3n) is 5.00. The van der Waals surface area contributed by atoms with Gasteiger partial charge in [0, 0.05) is 23.8 Å². The van der Waals surface area contributed by atoms with Gasteiger partial charge in [-0.05, 0) is 88.2 Å². The maximum Gasteiger partial charge on any atom is 0.224 e. The van der Waals surface area contributed by atoms with Crippen LogP contribution in [0.5, 0.6) is 0 Å². The van der Waals surface area contributed by atoms with Gasteiger partial charge in [0.05, 0.1) is 6.42 Å². The van der Waals surface area contributed by atoms with E-state index < -0.39 is 0 Å². The summed E-state index contributed by atoms with van der Waals surface area (Å²) in [5.41, 5.74) is 5.59. The average Bonchev–Trinajstić information content (AvgIpc) is 3.09. The monoisotopic (exact) mass is 416 g/mol. The fourth-order valence-electron chi connectivity index (χ4n) is 3.46. The summed E-state index contributed by atoms with van der Waals surface area (Å²) >= 11 is 1.70. The lowest BCUT2D eigenvalue weighted by Crippen LogP contribution is -2.22. The molecule has 0 bridgehead atoms. The smallest absolute Gasteiger partial charge is 0.224 e. The van der Waals surface area contributed by atoms with Crippen LogP contribution in [0.1, 0.15) is 28.7 Å². The summed E-state index contributed by atoms with van der Waals surface area (Å²) in [6, 6.07) is 16.8. The largest absolute Gasteiger partial charge is 0.352 e. The van der Waals surface area contributed by atoms with Crippen LogP contribution >= 0.6 is 11.8 Å². The van der Waals surface area contributed by atoms with E-state index in [-0.39, 0.29) is 18.1 Å². The first-order valence-electron chi connectivity index (χ1n) is 9.64. The Balaban J connectivity index is 1.55. The highest BCUT2D eigenvalue weighted by Gasteiger charge is 2.21. The number of aromatic nitrogens is 1. The number of hydrogen-bond acceptors (Lipinski definition) is 3. The number of amides is 1. The van der Waals surface area contributed by atoms with Crippen molar-refractivity contribution < 1.29 is 9.18 Å². The highest BCUT2D eigenvalue weighted by atomic mass is 32.2. The zero-order chi connectivity index (χ0) is 20.9. The van der Waals surface area contributed by atoms with E-state index in [1.807, 2.05) is 24.5 Å². The molecule has 1 aromatic heterocycles. The number of allylic oxidation sites excluding steroid dienone is 2. The zero-order valence-corrected chi connectivity index (χ0v) is 17.4. The van der Waals surface area contributed by atoms with E-state index in [0.717, 1.165) is 33.4 Å². The molecule has 1 amide bonds. The Morgan fingerprint density at radius 3 is 2.57 bits per heavy atom. The molecule has 2 aromatic carbocycles. The second kappa shape index (κ2) is 9.09. The minimum atomic E-state index is -0.303. The van der Waals surface area contributed by atoms with Gasteiger partial charge in [0.25, 0.3) is 0 Å². The summed E-state index contributed by atoms with van der Waals surface area (Å²) < 4.78 is 13.9. The Morgan fingerprint density at radius 1 is 1.07 bits per heavy atom. The normalized spacial score (nSPS) is 13.8. The molecular weight excluding hydrogens is 395 g/mol. The number of hydrogen-bond donors (Lipinski definition) is 1. The van der Waals surface area contributed by atoms with Gasteiger partial charge >= 0.3 is 0 Å². The molecule has 0 saturated heterocycles. The van der Waals surface area contributed by atoms with Gasteiger partial charge in [-0.1, -0.05) is 18.2 Å². The number of halogens is 1. The maximum absolute atomic E-state index is 13.9. The molecule has 0 saturated carbocycles. The van der Waals surface area contributed by atoms with E-state index in [4.69, 9.17) is 0 Å². The highest BCUT2D eigenvalue weighted by Crippen LogP contribution is 2.38. The number of benzene rings is 2. The van der Waals surface area contributed by atoms with Crippen LogP contribution in [-0.2, 0) is 11.3 Å². The van der Waals surface area contributed by atoms with Crippen molar-refractivity contribution in [2.75, 3.05) is 6.26 Å². The minimum absolute atomic E-state index is 0.0983. The number of carbonyl (C=O) groups is 1. The van der Waals surface area contributed by atoms with E-state index in [1.54, 1.807) is 30.2 Å². The second-order valence-electron chi connectivity index (χ2n) is 7.04. The highest BCUT2D eigenvalue weighted by molar-refractivity contribution is 7.98. The molecule has 1 heterocycles. The van der Waals surface area contributed by atoms with Crippen LogP contribution in [0.25, 0.3) is 17.2 Å². The molecule has 5 heteroatoms. The van der Waals surface area contributed by atoms with Crippen molar-refractivity contribution >= 4 is 34.9 Å². The van der Waals surface area contributed by atoms with Crippen molar-refractivity contribution in [3.63, 3.8) is 0 Å². The van der Waals surface area contributed by atoms with Gasteiger partial charge in [0.1, 0.15) is 5.82 Å². The van der Waals surface area contributed by atoms with E-state index in [1.165, 1.54) is 17.0 Å². The fraction of sp³-hybridized carbons (Fsp3) is 0.120. The van der Waals surface area contributed by atoms with Crippen LogP contribution in [0.2, 0.25) is 0 Å². The average molecular weight is 417 g/mol. The first-order valence-corrected chi connectivity index (χ1v) is 10.9. The lowest BCUT2D eigenvalue weighted by molar-refractivity contribution is -0.120. The number of thioether (sulfide) groups is 1. The van der Waals surface area contributed by atoms with E-state index in [2.05, 4.69) is 40.6 Å². The van der Waals surface area contributed by atoms with Crippen LogP contribution in [0.4, 0.5) is 4.39 Å². The van der Waals surface area contributed by atoms with Gasteiger partial charge < -0.3 is 5.32 Å². The van der Waals surface area contributed by atoms with Gasteiger partial charge in [-0.3, -0.25) is 9.78 Å². The van der Waals surface area contributed by atoms with E-state index in [0.29, 0.717) is 6.54 Å². The van der Waals surface area contributed by atoms with E-state index in [9.17, 15) is 9.18 Å². The summed E-state index contributed by atoms with van der Waals surface area (Å²) in [5, 5.41) is 2.93. The van der Waals surface area contributed by atoms with Gasteiger partial charge in [0.2, 0.25) is 5.91 Å². The summed E-state index contributed by atoms with van der Waals surface area (Å²) in [5.74, 6) is -0.402. The van der Waals surface area contributed by atoms with Crippen molar-refractivity contribution in [2.45, 2.75) is 17.9 Å². The molecule has 150 valence electrons. The van der Waals surface area contributed by atoms with Gasteiger partial charge in [0.15, 0.2) is 0 Å². The van der Waals surface area contributed by atoms with Gasteiger partial charge in [-0.2, -0.15) is 0 Å². The molecule has 1 N–H and O–H groups in total. The van der Waals surface area contributed by atoms with Gasteiger partial charge in [-0.15, -0.1) is 11.8 Å². The van der Waals surface area contributed by atoms with Crippen molar-refractivity contribution in [1.82, 2.24) is 10.3 Å². The van der Waals surface area contributed by atoms with E-state index >= 15 is 0 Å². The van der Waals surface area contributed by atoms with Crippen LogP contribution in [0, 0.1) is 5.82 Å². The Hall–Kier alpha value is -3.18. The predicted molar refractivity (Wildman–Crippen MR) is 121 cm³/mol. The molecule has 4 rings (SSSR count). The third kappa shape index (κ3) is 4.69. The van der Waals surface area contributed by atoms with Gasteiger partial charge in [-0.25, -0.2) is 4.39 Å². The Labute approximate surface area is 179 Å². The summed E-state index contributed by atoms with van der Waals surface area (Å²) in [7, 11) is 0. The summed E-state index contributed by atoms with van der Waals surface area (Å²) in [6.45, 7) is 0.440. The maximum atomic E-state index is 13.9. The van der Waals surface area contributed by atoms with Crippen LogP contribution in [-0.4, -0.2) is 17.1 Å². The number of rotatable bonds is 6. The molecule has 1 aliphatic carbocycles. The number of fused-ring (bicyclic) bond motifs is 1. The van der Waals surface area contributed by atoms with Crippen LogP contribution in [0.3, 0.4) is 0 Å². The quantitative estimate of drug-likeness (QED) is 0.533. The fourth-order valence-corrected chi connectivity index (χ4v) is 3.87. The lowest BCUT2D eigenvalue weighted by atomic mass is 10.0. The molecule has 0 aliphatic heterocycles. The first kappa shape index (κ1) is 20.1. The van der Waals surface area contributed by atoms with Crippen LogP contribution < -0.4 is 5.32 Å². The molecule has 30 heavy (non-hydrogen) atoms. The Kier molecular flexibility index (Phi) is 6.10. The molecule has 1 aliphatic rings. The van der Waals surface area contributed by atoms with Crippen LogP contribution in [0.15, 0.2) is 78.0 Å². The van der Waals surface area contributed by atoms with Crippen molar-refractivity contribution in [3.8, 4) is 0 Å². The second-order valence-corrected chi connectivity index (χ2v) is 7.92. The SMILES string of the molecule is CSc1ccc(C=C2C=C(CC(=O)NCc3ccncc3)c3cc(F)ccc32)cc1. The molecule has 0 unspecified atom stereocenters. The molecule has 0 radical (unpaired) electrons. The molecule has 0 atom stereocenters. The Morgan fingerprint density at radius 2 is 1.83 bits per heavy atom. The molecule has 0 spiro atoms. The van der Waals surface area contributed by atoms with Crippen molar-refractivity contribution in [2.24, 2.45) is 0 Å². The number of carbonyl (C=O) groups excluding carboxylic acids is 1. The van der Waals surface area contributed by atoms with Crippen molar-refractivity contribution in [3.05, 3.63) is 101 Å². The predicted octanol–water partition coefficient (Wildman–Crippen LogP) is 5.59. The number of nitrogens with one attached hydrogen (secondary N) is 1. The summed E-state index contributed by atoms with van der Waals surface area (Å²) in [6.07, 6.45) is 9.70. The number of pyridine rings is 1. The number of nitrogens with zero attached hydrogens (tertiary/aromatic N) is 1. The lowest BCUT2D eigenvalue weighted by Gasteiger charge is -2.08. The topological polar surface area (TPSA) is 42.0 Å². The minimum Gasteiger partial charge on any atom is -0.352 e.